The summed E-state index contributed by atoms with van der Waals surface area (Å²) in [5.74, 6) is -3.27. The van der Waals surface area contributed by atoms with Gasteiger partial charge in [-0.05, 0) is 36.8 Å². The van der Waals surface area contributed by atoms with Gasteiger partial charge in [-0.2, -0.15) is 13.2 Å². The quantitative estimate of drug-likeness (QED) is 0.476. The number of amides is 1. The van der Waals surface area contributed by atoms with E-state index in [1.807, 2.05) is 0 Å². The van der Waals surface area contributed by atoms with Crippen molar-refractivity contribution in [2.24, 2.45) is 0 Å². The molecule has 2 aromatic rings. The molecular weight excluding hydrogens is 455 g/mol. The number of benzene rings is 1. The van der Waals surface area contributed by atoms with Gasteiger partial charge in [-0.3, -0.25) is 4.79 Å². The summed E-state index contributed by atoms with van der Waals surface area (Å²) >= 11 is 0.870. The van der Waals surface area contributed by atoms with Crippen molar-refractivity contribution >= 4 is 35.3 Å². The van der Waals surface area contributed by atoms with Crippen LogP contribution >= 0.6 is 11.3 Å². The lowest BCUT2D eigenvalue weighted by Gasteiger charge is -2.09. The van der Waals surface area contributed by atoms with Crippen LogP contribution in [0.25, 0.3) is 16.5 Å². The first kappa shape index (κ1) is 24.7. The zero-order chi connectivity index (χ0) is 24.1. The summed E-state index contributed by atoms with van der Waals surface area (Å²) in [6.45, 7) is -0.625. The van der Waals surface area contributed by atoms with Crippen LogP contribution in [-0.2, 0) is 9.59 Å². The third-order valence-electron chi connectivity index (χ3n) is 3.99. The van der Waals surface area contributed by atoms with Crippen LogP contribution in [0.2, 0.25) is 0 Å². The van der Waals surface area contributed by atoms with E-state index in [0.29, 0.717) is 27.3 Å². The molecule has 12 heteroatoms. The highest BCUT2D eigenvalue weighted by Gasteiger charge is 2.27. The fourth-order valence-corrected chi connectivity index (χ4v) is 3.73. The summed E-state index contributed by atoms with van der Waals surface area (Å²) in [6, 6.07) is 4.71. The van der Waals surface area contributed by atoms with Gasteiger partial charge >= 0.3 is 18.1 Å². The second kappa shape index (κ2) is 10.2. The van der Waals surface area contributed by atoms with E-state index in [9.17, 15) is 32.7 Å². The number of aliphatic carboxylic acids is 1. The van der Waals surface area contributed by atoms with Gasteiger partial charge in [0.25, 0.3) is 0 Å². The standard InChI is InChI=1S/C20H18F3NO7S/c1-10-16(31-8-15(26)27)18(19(28)29)32-17(10)12-3-5-13(30-2)11(7-12)4-6-14(25)24-9-20(21,22)23/h3-7H,8-9H2,1-2H3,(H,24,25)(H,26,27)(H,28,29)/b6-4+. The molecule has 0 atom stereocenters. The van der Waals surface area contributed by atoms with Crippen molar-refractivity contribution in [3.8, 4) is 21.9 Å². The first-order valence-electron chi connectivity index (χ1n) is 8.85. The van der Waals surface area contributed by atoms with Crippen molar-refractivity contribution in [2.45, 2.75) is 13.1 Å². The zero-order valence-electron chi connectivity index (χ0n) is 16.8. The summed E-state index contributed by atoms with van der Waals surface area (Å²) in [4.78, 5) is 34.3. The molecule has 0 spiro atoms. The minimum Gasteiger partial charge on any atom is -0.496 e. The molecule has 0 aliphatic carbocycles. The van der Waals surface area contributed by atoms with Gasteiger partial charge in [0.15, 0.2) is 11.5 Å². The second-order valence-corrected chi connectivity index (χ2v) is 7.35. The number of thiophene rings is 1. The number of aromatic carboxylic acids is 1. The molecule has 0 saturated heterocycles. The highest BCUT2D eigenvalue weighted by Crippen LogP contribution is 2.42. The summed E-state index contributed by atoms with van der Waals surface area (Å²) in [5.41, 5.74) is 1.26. The molecule has 0 bridgehead atoms. The van der Waals surface area contributed by atoms with Crippen LogP contribution in [0.15, 0.2) is 24.3 Å². The summed E-state index contributed by atoms with van der Waals surface area (Å²) in [7, 11) is 1.37. The van der Waals surface area contributed by atoms with Crippen LogP contribution in [0.3, 0.4) is 0 Å². The van der Waals surface area contributed by atoms with Crippen LogP contribution < -0.4 is 14.8 Å². The SMILES string of the molecule is COc1ccc(-c2sc(C(=O)O)c(OCC(=O)O)c2C)cc1/C=C/C(=O)NCC(F)(F)F. The van der Waals surface area contributed by atoms with Crippen LogP contribution in [0.5, 0.6) is 11.5 Å². The zero-order valence-corrected chi connectivity index (χ0v) is 17.6. The molecule has 1 amide bonds. The minimum atomic E-state index is -4.54. The highest BCUT2D eigenvalue weighted by molar-refractivity contribution is 7.18. The van der Waals surface area contributed by atoms with E-state index in [4.69, 9.17) is 14.6 Å². The van der Waals surface area contributed by atoms with Crippen molar-refractivity contribution in [2.75, 3.05) is 20.3 Å². The number of carbonyl (C=O) groups excluding carboxylic acids is 1. The number of nitrogens with one attached hydrogen (secondary N) is 1. The molecule has 0 unspecified atom stereocenters. The number of hydrogen-bond acceptors (Lipinski definition) is 6. The Labute approximate surface area is 183 Å². The average molecular weight is 473 g/mol. The van der Waals surface area contributed by atoms with E-state index >= 15 is 0 Å². The van der Waals surface area contributed by atoms with Gasteiger partial charge in [0.1, 0.15) is 18.0 Å². The first-order chi connectivity index (χ1) is 14.9. The number of methoxy groups -OCH3 is 1. The maximum Gasteiger partial charge on any atom is 0.405 e. The monoisotopic (exact) mass is 473 g/mol. The number of carbonyl (C=O) groups is 3. The lowest BCUT2D eigenvalue weighted by molar-refractivity contribution is -0.139. The number of rotatable bonds is 9. The second-order valence-electron chi connectivity index (χ2n) is 6.33. The lowest BCUT2D eigenvalue weighted by atomic mass is 10.0. The molecule has 172 valence electrons. The van der Waals surface area contributed by atoms with Gasteiger partial charge in [0.05, 0.1) is 7.11 Å². The maximum absolute atomic E-state index is 12.2. The normalized spacial score (nSPS) is 11.4. The number of alkyl halides is 3. The molecule has 0 saturated carbocycles. The molecular formula is C20H18F3NO7S. The smallest absolute Gasteiger partial charge is 0.405 e. The van der Waals surface area contributed by atoms with E-state index in [2.05, 4.69) is 0 Å². The molecule has 3 N–H and O–H groups in total. The van der Waals surface area contributed by atoms with E-state index in [1.54, 1.807) is 30.4 Å². The average Bonchev–Trinajstić information content (AvgIpc) is 3.04. The fourth-order valence-electron chi connectivity index (χ4n) is 2.64. The van der Waals surface area contributed by atoms with Crippen molar-refractivity contribution in [1.29, 1.82) is 0 Å². The molecule has 0 fully saturated rings. The van der Waals surface area contributed by atoms with E-state index in [1.165, 1.54) is 13.2 Å². The maximum atomic E-state index is 12.2. The van der Waals surface area contributed by atoms with Gasteiger partial charge in [-0.25, -0.2) is 9.59 Å². The van der Waals surface area contributed by atoms with Crippen LogP contribution in [0, 0.1) is 6.92 Å². The van der Waals surface area contributed by atoms with E-state index in [0.717, 1.165) is 17.4 Å². The Hall–Kier alpha value is -3.54. The molecule has 2 rings (SSSR count). The predicted molar refractivity (Wildman–Crippen MR) is 109 cm³/mol. The van der Waals surface area contributed by atoms with Crippen molar-refractivity contribution in [1.82, 2.24) is 5.32 Å². The predicted octanol–water partition coefficient (Wildman–Crippen LogP) is 3.59. The Kier molecular flexibility index (Phi) is 7.87. The summed E-state index contributed by atoms with van der Waals surface area (Å²) in [5, 5.41) is 20.0. The van der Waals surface area contributed by atoms with E-state index in [-0.39, 0.29) is 10.6 Å². The Bertz CT molecular complexity index is 1060. The van der Waals surface area contributed by atoms with Crippen LogP contribution in [0.4, 0.5) is 13.2 Å². The van der Waals surface area contributed by atoms with Crippen molar-refractivity contribution < 1.29 is 47.2 Å². The fraction of sp³-hybridized carbons (Fsp3) is 0.250. The van der Waals surface area contributed by atoms with Gasteiger partial charge in [-0.1, -0.05) is 0 Å². The largest absolute Gasteiger partial charge is 0.496 e. The highest BCUT2D eigenvalue weighted by atomic mass is 32.1. The Morgan fingerprint density at radius 1 is 1.22 bits per heavy atom. The Balaban J connectivity index is 2.40. The number of hydrogen-bond donors (Lipinski definition) is 3. The topological polar surface area (TPSA) is 122 Å². The van der Waals surface area contributed by atoms with Gasteiger partial charge in [0, 0.05) is 22.1 Å². The van der Waals surface area contributed by atoms with Gasteiger partial charge in [0.2, 0.25) is 5.91 Å². The molecule has 0 aliphatic heterocycles. The number of carboxylic acid groups (broad SMARTS) is 2. The number of halogens is 3. The molecule has 1 heterocycles. The van der Waals surface area contributed by atoms with Crippen molar-refractivity contribution in [3.63, 3.8) is 0 Å². The van der Waals surface area contributed by atoms with Gasteiger partial charge < -0.3 is 25.0 Å². The van der Waals surface area contributed by atoms with Crippen LogP contribution in [-0.4, -0.2) is 54.5 Å². The molecule has 1 aromatic heterocycles. The Morgan fingerprint density at radius 2 is 1.91 bits per heavy atom. The third-order valence-corrected chi connectivity index (χ3v) is 5.31. The van der Waals surface area contributed by atoms with Crippen LogP contribution in [0.1, 0.15) is 20.8 Å². The minimum absolute atomic E-state index is 0.0701. The number of ether oxygens (including phenoxy) is 2. The molecule has 0 aliphatic rings. The molecule has 1 aromatic carbocycles. The summed E-state index contributed by atoms with van der Waals surface area (Å²) < 4.78 is 47.0. The molecule has 0 radical (unpaired) electrons. The Morgan fingerprint density at radius 3 is 2.47 bits per heavy atom. The van der Waals surface area contributed by atoms with Crippen molar-refractivity contribution in [3.05, 3.63) is 40.3 Å². The lowest BCUT2D eigenvalue weighted by Crippen LogP contribution is -2.32. The number of carboxylic acids is 2. The summed E-state index contributed by atoms with van der Waals surface area (Å²) in [6.07, 6.45) is -2.37. The van der Waals surface area contributed by atoms with E-state index < -0.39 is 37.2 Å². The molecule has 32 heavy (non-hydrogen) atoms. The third kappa shape index (κ3) is 6.48. The molecule has 8 nitrogen and oxygen atoms in total. The first-order valence-corrected chi connectivity index (χ1v) is 9.67. The van der Waals surface area contributed by atoms with Gasteiger partial charge in [-0.15, -0.1) is 11.3 Å².